The molecule has 1 heterocycles. The number of carbonyl (C=O) groups excluding carboxylic acids is 1. The molecule has 0 radical (unpaired) electrons. The number of pyridine rings is 1. The molecule has 0 aliphatic heterocycles. The molecule has 0 atom stereocenters. The number of aryl methyl sites for hydroxylation is 1. The van der Waals surface area contributed by atoms with Gasteiger partial charge in [-0.15, -0.1) is 0 Å². The summed E-state index contributed by atoms with van der Waals surface area (Å²) in [5, 5.41) is 6.48. The number of methoxy groups -OCH3 is 1. The van der Waals surface area contributed by atoms with Crippen LogP contribution >= 0.6 is 12.2 Å². The van der Waals surface area contributed by atoms with Crippen LogP contribution in [-0.2, 0) is 9.53 Å². The van der Waals surface area contributed by atoms with Gasteiger partial charge in [-0.1, -0.05) is 0 Å². The van der Waals surface area contributed by atoms with Crippen molar-refractivity contribution in [2.45, 2.75) is 19.8 Å². The third-order valence-electron chi connectivity index (χ3n) is 2.23. The number of hydrogen-bond acceptors (Lipinski definition) is 4. The van der Waals surface area contributed by atoms with Gasteiger partial charge < -0.3 is 15.4 Å². The highest BCUT2D eigenvalue weighted by Crippen LogP contribution is 2.04. The lowest BCUT2D eigenvalue weighted by atomic mass is 10.3. The molecule has 0 aliphatic rings. The first-order valence-electron chi connectivity index (χ1n) is 5.66. The largest absolute Gasteiger partial charge is 0.469 e. The van der Waals surface area contributed by atoms with Crippen LogP contribution in [0.1, 0.15) is 18.4 Å². The average molecular weight is 267 g/mol. The minimum atomic E-state index is -0.212. The normalized spacial score (nSPS) is 9.67. The Labute approximate surface area is 112 Å². The van der Waals surface area contributed by atoms with Crippen molar-refractivity contribution in [1.82, 2.24) is 10.3 Å². The van der Waals surface area contributed by atoms with Gasteiger partial charge in [-0.25, -0.2) is 4.98 Å². The number of aromatic nitrogens is 1. The maximum Gasteiger partial charge on any atom is 0.305 e. The van der Waals surface area contributed by atoms with Gasteiger partial charge in [-0.2, -0.15) is 0 Å². The molecule has 0 saturated heterocycles. The van der Waals surface area contributed by atoms with Crippen molar-refractivity contribution in [2.75, 3.05) is 19.0 Å². The topological polar surface area (TPSA) is 63.2 Å². The van der Waals surface area contributed by atoms with Crippen LogP contribution in [-0.4, -0.2) is 29.7 Å². The van der Waals surface area contributed by atoms with Gasteiger partial charge in [0.25, 0.3) is 0 Å². The van der Waals surface area contributed by atoms with Crippen LogP contribution in [0, 0.1) is 6.92 Å². The second-order valence-corrected chi connectivity index (χ2v) is 4.19. The molecule has 0 spiro atoms. The minimum Gasteiger partial charge on any atom is -0.469 e. The molecule has 0 unspecified atom stereocenters. The first-order chi connectivity index (χ1) is 8.61. The Morgan fingerprint density at radius 1 is 1.56 bits per heavy atom. The van der Waals surface area contributed by atoms with Crippen molar-refractivity contribution < 1.29 is 9.53 Å². The Morgan fingerprint density at radius 2 is 2.33 bits per heavy atom. The van der Waals surface area contributed by atoms with E-state index in [0.717, 1.165) is 5.56 Å². The van der Waals surface area contributed by atoms with Crippen LogP contribution in [0.5, 0.6) is 0 Å². The standard InChI is InChI=1S/C12H17N3O2S/c1-9-5-7-13-10(8-9)15-12(18)14-6-3-4-11(16)17-2/h5,7-8H,3-4,6H2,1-2H3,(H2,13,14,15,18). The zero-order valence-electron chi connectivity index (χ0n) is 10.5. The van der Waals surface area contributed by atoms with Crippen molar-refractivity contribution in [3.05, 3.63) is 23.9 Å². The monoisotopic (exact) mass is 267 g/mol. The van der Waals surface area contributed by atoms with Crippen LogP contribution in [0.2, 0.25) is 0 Å². The summed E-state index contributed by atoms with van der Waals surface area (Å²) in [5.41, 5.74) is 1.11. The molecule has 98 valence electrons. The summed E-state index contributed by atoms with van der Waals surface area (Å²) < 4.78 is 4.54. The number of thiocarbonyl (C=S) groups is 1. The lowest BCUT2D eigenvalue weighted by Gasteiger charge is -2.09. The third-order valence-corrected chi connectivity index (χ3v) is 2.47. The third kappa shape index (κ3) is 5.58. The number of carbonyl (C=O) groups is 1. The fourth-order valence-electron chi connectivity index (χ4n) is 1.30. The van der Waals surface area contributed by atoms with Crippen LogP contribution in [0.25, 0.3) is 0 Å². The second-order valence-electron chi connectivity index (χ2n) is 3.78. The van der Waals surface area contributed by atoms with E-state index in [-0.39, 0.29) is 5.97 Å². The van der Waals surface area contributed by atoms with E-state index >= 15 is 0 Å². The predicted octanol–water partition coefficient (Wildman–Crippen LogP) is 1.63. The first kappa shape index (κ1) is 14.4. The lowest BCUT2D eigenvalue weighted by molar-refractivity contribution is -0.140. The van der Waals surface area contributed by atoms with Crippen LogP contribution < -0.4 is 10.6 Å². The highest BCUT2D eigenvalue weighted by molar-refractivity contribution is 7.80. The fraction of sp³-hybridized carbons (Fsp3) is 0.417. The Morgan fingerprint density at radius 3 is 3.00 bits per heavy atom. The molecule has 0 bridgehead atoms. The van der Waals surface area contributed by atoms with E-state index in [1.165, 1.54) is 7.11 Å². The van der Waals surface area contributed by atoms with E-state index in [4.69, 9.17) is 12.2 Å². The quantitative estimate of drug-likeness (QED) is 0.480. The summed E-state index contributed by atoms with van der Waals surface area (Å²) in [4.78, 5) is 15.0. The Hall–Kier alpha value is -1.69. The van der Waals surface area contributed by atoms with E-state index in [1.807, 2.05) is 19.1 Å². The maximum atomic E-state index is 10.9. The second kappa shape index (κ2) is 7.60. The predicted molar refractivity (Wildman–Crippen MR) is 74.4 cm³/mol. The summed E-state index contributed by atoms with van der Waals surface area (Å²) in [7, 11) is 1.38. The molecular formula is C12H17N3O2S. The Kier molecular flexibility index (Phi) is 6.07. The number of anilines is 1. The SMILES string of the molecule is COC(=O)CCCNC(=S)Nc1cc(C)ccn1. The van der Waals surface area contributed by atoms with E-state index in [9.17, 15) is 4.79 Å². The molecule has 5 nitrogen and oxygen atoms in total. The summed E-state index contributed by atoms with van der Waals surface area (Å²) in [6, 6.07) is 3.82. The molecule has 1 rings (SSSR count). The van der Waals surface area contributed by atoms with Gasteiger partial charge in [0.05, 0.1) is 7.11 Å². The van der Waals surface area contributed by atoms with Gasteiger partial charge in [-0.05, 0) is 43.3 Å². The first-order valence-corrected chi connectivity index (χ1v) is 6.07. The molecule has 0 aromatic carbocycles. The number of nitrogens with zero attached hydrogens (tertiary/aromatic N) is 1. The van der Waals surface area contributed by atoms with Gasteiger partial charge in [0, 0.05) is 19.2 Å². The summed E-state index contributed by atoms with van der Waals surface area (Å²) in [5.74, 6) is 0.497. The summed E-state index contributed by atoms with van der Waals surface area (Å²) >= 11 is 5.11. The number of ether oxygens (including phenoxy) is 1. The average Bonchev–Trinajstić information content (AvgIpc) is 2.34. The van der Waals surface area contributed by atoms with E-state index in [2.05, 4.69) is 20.4 Å². The molecule has 6 heteroatoms. The maximum absolute atomic E-state index is 10.9. The Bertz CT molecular complexity index is 424. The van der Waals surface area contributed by atoms with Crippen LogP contribution in [0.3, 0.4) is 0 Å². The van der Waals surface area contributed by atoms with Crippen molar-refractivity contribution in [1.29, 1.82) is 0 Å². The van der Waals surface area contributed by atoms with Gasteiger partial charge in [-0.3, -0.25) is 4.79 Å². The van der Waals surface area contributed by atoms with E-state index < -0.39 is 0 Å². The van der Waals surface area contributed by atoms with Crippen LogP contribution in [0.15, 0.2) is 18.3 Å². The Balaban J connectivity index is 2.24. The molecule has 0 fully saturated rings. The molecule has 18 heavy (non-hydrogen) atoms. The molecule has 1 aromatic heterocycles. The highest BCUT2D eigenvalue weighted by Gasteiger charge is 2.01. The fourth-order valence-corrected chi connectivity index (χ4v) is 1.51. The van der Waals surface area contributed by atoms with E-state index in [1.54, 1.807) is 6.20 Å². The highest BCUT2D eigenvalue weighted by atomic mass is 32.1. The molecule has 0 saturated carbocycles. The zero-order valence-corrected chi connectivity index (χ0v) is 11.3. The van der Waals surface area contributed by atoms with Crippen LogP contribution in [0.4, 0.5) is 5.82 Å². The van der Waals surface area contributed by atoms with E-state index in [0.29, 0.717) is 30.3 Å². The zero-order chi connectivity index (χ0) is 13.4. The molecule has 2 N–H and O–H groups in total. The number of nitrogens with one attached hydrogen (secondary N) is 2. The number of rotatable bonds is 5. The van der Waals surface area contributed by atoms with Gasteiger partial charge in [0.1, 0.15) is 5.82 Å². The number of hydrogen-bond donors (Lipinski definition) is 2. The summed E-state index contributed by atoms with van der Waals surface area (Å²) in [6.07, 6.45) is 2.78. The molecule has 0 amide bonds. The molecular weight excluding hydrogens is 250 g/mol. The van der Waals surface area contributed by atoms with Crippen molar-refractivity contribution in [2.24, 2.45) is 0 Å². The minimum absolute atomic E-state index is 0.212. The van der Waals surface area contributed by atoms with Gasteiger partial charge in [0.2, 0.25) is 0 Å². The van der Waals surface area contributed by atoms with Gasteiger partial charge in [0.15, 0.2) is 5.11 Å². The lowest BCUT2D eigenvalue weighted by Crippen LogP contribution is -2.29. The smallest absolute Gasteiger partial charge is 0.305 e. The molecule has 0 aliphatic carbocycles. The summed E-state index contributed by atoms with van der Waals surface area (Å²) in [6.45, 7) is 2.60. The molecule has 1 aromatic rings. The van der Waals surface area contributed by atoms with Crippen molar-refractivity contribution in [3.63, 3.8) is 0 Å². The number of esters is 1. The van der Waals surface area contributed by atoms with Crippen molar-refractivity contribution >= 4 is 29.1 Å². The van der Waals surface area contributed by atoms with Crippen molar-refractivity contribution in [3.8, 4) is 0 Å². The van der Waals surface area contributed by atoms with Gasteiger partial charge >= 0.3 is 5.97 Å².